The molecule has 0 atom stereocenters. The number of fused-ring (bicyclic) bond motifs is 1. The number of aliphatic hydroxyl groups excluding tert-OH is 1. The van der Waals surface area contributed by atoms with Crippen molar-refractivity contribution in [2.24, 2.45) is 5.41 Å². The summed E-state index contributed by atoms with van der Waals surface area (Å²) in [5, 5.41) is 14.3. The van der Waals surface area contributed by atoms with E-state index in [1.54, 1.807) is 11.3 Å². The highest BCUT2D eigenvalue weighted by molar-refractivity contribution is 7.18. The number of hydrogen-bond acceptors (Lipinski definition) is 6. The number of aryl methyl sites for hydroxylation is 2. The van der Waals surface area contributed by atoms with E-state index < -0.39 is 0 Å². The van der Waals surface area contributed by atoms with E-state index in [1.807, 2.05) is 0 Å². The van der Waals surface area contributed by atoms with Crippen LogP contribution in [-0.2, 0) is 6.54 Å². The second-order valence-electron chi connectivity index (χ2n) is 8.12. The third kappa shape index (κ3) is 3.47. The maximum Gasteiger partial charge on any atom is 0.146 e. The van der Waals surface area contributed by atoms with E-state index in [-0.39, 0.29) is 12.0 Å². The molecule has 1 aliphatic carbocycles. The van der Waals surface area contributed by atoms with Crippen LogP contribution in [0.4, 0.5) is 5.82 Å². The Morgan fingerprint density at radius 1 is 1.15 bits per heavy atom. The highest BCUT2D eigenvalue weighted by Crippen LogP contribution is 2.44. The molecule has 3 heterocycles. The topological polar surface area (TPSA) is 61.3 Å². The van der Waals surface area contributed by atoms with Crippen LogP contribution in [0.2, 0.25) is 0 Å². The molecule has 1 saturated heterocycles. The van der Waals surface area contributed by atoms with Crippen molar-refractivity contribution < 1.29 is 5.11 Å². The Balaban J connectivity index is 1.62. The SMILES string of the molecule is Cc1sc2nc(CN3CCCC3)nc(NCC3(CCO)CCC3)c2c1C. The normalized spacial score (nSPS) is 19.8. The average Bonchev–Trinajstić information content (AvgIpc) is 3.18. The fraction of sp³-hybridized carbons (Fsp3) is 0.700. The molecule has 5 nitrogen and oxygen atoms in total. The van der Waals surface area contributed by atoms with Crippen molar-refractivity contribution in [2.45, 2.75) is 58.9 Å². The Hall–Kier alpha value is -1.24. The molecule has 1 saturated carbocycles. The molecule has 26 heavy (non-hydrogen) atoms. The summed E-state index contributed by atoms with van der Waals surface area (Å²) in [5.41, 5.74) is 1.55. The molecule has 2 aliphatic rings. The van der Waals surface area contributed by atoms with E-state index in [0.717, 1.165) is 49.1 Å². The number of nitrogens with zero attached hydrogens (tertiary/aromatic N) is 3. The van der Waals surface area contributed by atoms with Crippen molar-refractivity contribution in [1.29, 1.82) is 0 Å². The first-order chi connectivity index (χ1) is 12.6. The van der Waals surface area contributed by atoms with E-state index in [9.17, 15) is 5.11 Å². The molecule has 0 aromatic carbocycles. The van der Waals surface area contributed by atoms with Crippen molar-refractivity contribution in [3.8, 4) is 0 Å². The number of nitrogens with one attached hydrogen (secondary N) is 1. The highest BCUT2D eigenvalue weighted by Gasteiger charge is 2.36. The number of aromatic nitrogens is 2. The van der Waals surface area contributed by atoms with Crippen LogP contribution in [0.1, 0.15) is 54.8 Å². The molecule has 0 unspecified atom stereocenters. The quantitative estimate of drug-likeness (QED) is 0.770. The largest absolute Gasteiger partial charge is 0.396 e. The third-order valence-electron chi connectivity index (χ3n) is 6.33. The van der Waals surface area contributed by atoms with E-state index in [1.165, 1.54) is 47.9 Å². The monoisotopic (exact) mass is 374 g/mol. The molecule has 4 rings (SSSR count). The molecule has 2 aromatic heterocycles. The first kappa shape index (κ1) is 18.1. The minimum absolute atomic E-state index is 0.250. The second-order valence-corrected chi connectivity index (χ2v) is 9.32. The fourth-order valence-corrected chi connectivity index (χ4v) is 5.38. The van der Waals surface area contributed by atoms with Crippen LogP contribution >= 0.6 is 11.3 Å². The first-order valence-corrected chi connectivity index (χ1v) is 10.8. The van der Waals surface area contributed by atoms with Crippen LogP contribution in [0.5, 0.6) is 0 Å². The molecule has 6 heteroatoms. The van der Waals surface area contributed by atoms with Crippen LogP contribution < -0.4 is 5.32 Å². The summed E-state index contributed by atoms with van der Waals surface area (Å²) in [6.45, 7) is 8.69. The highest BCUT2D eigenvalue weighted by atomic mass is 32.1. The summed E-state index contributed by atoms with van der Waals surface area (Å²) in [6, 6.07) is 0. The Labute approximate surface area is 159 Å². The summed E-state index contributed by atoms with van der Waals surface area (Å²) in [5.74, 6) is 1.93. The minimum Gasteiger partial charge on any atom is -0.396 e. The van der Waals surface area contributed by atoms with Crippen LogP contribution in [0, 0.1) is 19.3 Å². The molecule has 1 aliphatic heterocycles. The van der Waals surface area contributed by atoms with Gasteiger partial charge in [0.2, 0.25) is 0 Å². The van der Waals surface area contributed by atoms with Gasteiger partial charge in [0.05, 0.1) is 11.9 Å². The molecule has 2 fully saturated rings. The smallest absolute Gasteiger partial charge is 0.146 e. The summed E-state index contributed by atoms with van der Waals surface area (Å²) < 4.78 is 0. The molecule has 0 spiro atoms. The number of anilines is 1. The fourth-order valence-electron chi connectivity index (χ4n) is 4.33. The summed E-state index contributed by atoms with van der Waals surface area (Å²) in [4.78, 5) is 14.7. The number of likely N-dealkylation sites (tertiary alicyclic amines) is 1. The van der Waals surface area contributed by atoms with Gasteiger partial charge in [0.15, 0.2) is 0 Å². The third-order valence-corrected chi connectivity index (χ3v) is 7.43. The standard InChI is InChI=1S/C20H30N4OS/c1-14-15(2)26-19-17(14)18(21-13-20(8-11-25)6-5-7-20)22-16(23-19)12-24-9-3-4-10-24/h25H,3-13H2,1-2H3,(H,21,22,23). The lowest BCUT2D eigenvalue weighted by atomic mass is 9.67. The Bertz CT molecular complexity index is 778. The average molecular weight is 375 g/mol. The van der Waals surface area contributed by atoms with E-state index in [2.05, 4.69) is 24.1 Å². The zero-order valence-electron chi connectivity index (χ0n) is 16.0. The first-order valence-electron chi connectivity index (χ1n) is 9.94. The van der Waals surface area contributed by atoms with E-state index in [4.69, 9.17) is 9.97 Å². The van der Waals surface area contributed by atoms with E-state index >= 15 is 0 Å². The Morgan fingerprint density at radius 2 is 1.92 bits per heavy atom. The van der Waals surface area contributed by atoms with Crippen molar-refractivity contribution in [3.63, 3.8) is 0 Å². The second kappa shape index (κ2) is 7.41. The van der Waals surface area contributed by atoms with Gasteiger partial charge in [-0.1, -0.05) is 6.42 Å². The molecule has 2 N–H and O–H groups in total. The van der Waals surface area contributed by atoms with E-state index in [0.29, 0.717) is 0 Å². The van der Waals surface area contributed by atoms with Gasteiger partial charge in [-0.2, -0.15) is 0 Å². The summed E-state index contributed by atoms with van der Waals surface area (Å²) in [7, 11) is 0. The summed E-state index contributed by atoms with van der Waals surface area (Å²) >= 11 is 1.78. The van der Waals surface area contributed by atoms with Crippen LogP contribution in [0.25, 0.3) is 10.2 Å². The lowest BCUT2D eigenvalue weighted by molar-refractivity contribution is 0.102. The predicted molar refractivity (Wildman–Crippen MR) is 108 cm³/mol. The van der Waals surface area contributed by atoms with Gasteiger partial charge >= 0.3 is 0 Å². The van der Waals surface area contributed by atoms with Gasteiger partial charge in [-0.15, -0.1) is 11.3 Å². The van der Waals surface area contributed by atoms with Crippen molar-refractivity contribution in [2.75, 3.05) is 31.6 Å². The van der Waals surface area contributed by atoms with Gasteiger partial charge in [-0.3, -0.25) is 4.90 Å². The number of thiophene rings is 1. The zero-order valence-corrected chi connectivity index (χ0v) is 16.8. The van der Waals surface area contributed by atoms with Crippen LogP contribution in [-0.4, -0.2) is 46.2 Å². The number of hydrogen-bond donors (Lipinski definition) is 2. The Kier molecular flexibility index (Phi) is 5.17. The number of aliphatic hydroxyl groups is 1. The van der Waals surface area contributed by atoms with Crippen molar-refractivity contribution in [3.05, 3.63) is 16.3 Å². The van der Waals surface area contributed by atoms with Gasteiger partial charge in [0.1, 0.15) is 16.5 Å². The lowest BCUT2D eigenvalue weighted by Crippen LogP contribution is -2.37. The number of rotatable bonds is 7. The van der Waals surface area contributed by atoms with Gasteiger partial charge < -0.3 is 10.4 Å². The molecular weight excluding hydrogens is 344 g/mol. The Morgan fingerprint density at radius 3 is 2.58 bits per heavy atom. The van der Waals surface area contributed by atoms with Gasteiger partial charge in [0.25, 0.3) is 0 Å². The molecule has 0 radical (unpaired) electrons. The zero-order chi connectivity index (χ0) is 18.1. The molecule has 0 amide bonds. The van der Waals surface area contributed by atoms with Crippen molar-refractivity contribution >= 4 is 27.4 Å². The predicted octanol–water partition coefficient (Wildman–Crippen LogP) is 3.87. The molecule has 0 bridgehead atoms. The van der Waals surface area contributed by atoms with Crippen LogP contribution in [0.15, 0.2) is 0 Å². The van der Waals surface area contributed by atoms with Gasteiger partial charge in [0, 0.05) is 18.0 Å². The molecule has 2 aromatic rings. The molecular formula is C20H30N4OS. The maximum atomic E-state index is 9.43. The maximum absolute atomic E-state index is 9.43. The van der Waals surface area contributed by atoms with Gasteiger partial charge in [-0.25, -0.2) is 9.97 Å². The lowest BCUT2D eigenvalue weighted by Gasteiger charge is -2.42. The summed E-state index contributed by atoms with van der Waals surface area (Å²) in [6.07, 6.45) is 7.14. The minimum atomic E-state index is 0.250. The van der Waals surface area contributed by atoms with Gasteiger partial charge in [-0.05, 0) is 70.0 Å². The van der Waals surface area contributed by atoms with Crippen LogP contribution in [0.3, 0.4) is 0 Å². The van der Waals surface area contributed by atoms with Crippen molar-refractivity contribution in [1.82, 2.24) is 14.9 Å². The molecule has 142 valence electrons.